The second kappa shape index (κ2) is 11.8. The molecule has 56 heavy (non-hydrogen) atoms. The van der Waals surface area contributed by atoms with Gasteiger partial charge < -0.3 is 9.64 Å². The number of ether oxygens (including phenoxy) is 1. The van der Waals surface area contributed by atoms with E-state index in [0.29, 0.717) is 5.56 Å². The SMILES string of the molecule is Cc1ccc2c(c1)N(C1(c3ccc(C#N)c4cc(C)c(C)cc34)c3ccccc3Oc3ccccc31)c1ccccc1C21c2ccccc2Cc2ccccc21. The van der Waals surface area contributed by atoms with Gasteiger partial charge in [0, 0.05) is 27.9 Å². The molecule has 2 heterocycles. The van der Waals surface area contributed by atoms with Crippen molar-refractivity contribution < 1.29 is 4.74 Å². The molecule has 1 aliphatic carbocycles. The number of nitrogens with zero attached hydrogens (tertiary/aromatic N) is 2. The average molecular weight is 719 g/mol. The van der Waals surface area contributed by atoms with Crippen LogP contribution in [0.25, 0.3) is 10.8 Å². The monoisotopic (exact) mass is 718 g/mol. The van der Waals surface area contributed by atoms with Gasteiger partial charge in [-0.2, -0.15) is 5.26 Å². The molecule has 0 unspecified atom stereocenters. The summed E-state index contributed by atoms with van der Waals surface area (Å²) in [5, 5.41) is 12.5. The highest BCUT2D eigenvalue weighted by Gasteiger charge is 2.57. The minimum absolute atomic E-state index is 0.576. The summed E-state index contributed by atoms with van der Waals surface area (Å²) >= 11 is 0. The maximum atomic E-state index is 10.5. The van der Waals surface area contributed by atoms with Crippen molar-refractivity contribution in [2.45, 2.75) is 38.1 Å². The largest absolute Gasteiger partial charge is 0.457 e. The smallest absolute Gasteiger partial charge is 0.133 e. The quantitative estimate of drug-likeness (QED) is 0.179. The molecule has 0 aromatic heterocycles. The van der Waals surface area contributed by atoms with Crippen LogP contribution < -0.4 is 9.64 Å². The van der Waals surface area contributed by atoms with Crippen LogP contribution in [-0.2, 0) is 17.4 Å². The zero-order valence-corrected chi connectivity index (χ0v) is 31.6. The van der Waals surface area contributed by atoms with Crippen LogP contribution in [0.3, 0.4) is 0 Å². The van der Waals surface area contributed by atoms with Gasteiger partial charge in [0.2, 0.25) is 0 Å². The summed E-state index contributed by atoms with van der Waals surface area (Å²) in [5.41, 5.74) is 16.0. The Morgan fingerprint density at radius 2 is 1.02 bits per heavy atom. The van der Waals surface area contributed by atoms with Gasteiger partial charge in [-0.1, -0.05) is 127 Å². The zero-order chi connectivity index (χ0) is 37.8. The number of hydrogen-bond acceptors (Lipinski definition) is 3. The van der Waals surface area contributed by atoms with E-state index in [1.807, 2.05) is 6.07 Å². The van der Waals surface area contributed by atoms with Crippen molar-refractivity contribution in [3.05, 3.63) is 236 Å². The van der Waals surface area contributed by atoms with E-state index in [0.717, 1.165) is 62.3 Å². The first-order valence-electron chi connectivity index (χ1n) is 19.4. The Hall–Kier alpha value is -6.89. The number of anilines is 2. The summed E-state index contributed by atoms with van der Waals surface area (Å²) in [4.78, 5) is 2.63. The van der Waals surface area contributed by atoms with Gasteiger partial charge in [0.05, 0.1) is 17.0 Å². The zero-order valence-electron chi connectivity index (χ0n) is 31.6. The molecule has 0 saturated heterocycles. The molecule has 0 amide bonds. The lowest BCUT2D eigenvalue weighted by Crippen LogP contribution is -2.52. The van der Waals surface area contributed by atoms with Crippen molar-refractivity contribution in [1.82, 2.24) is 0 Å². The van der Waals surface area contributed by atoms with Gasteiger partial charge in [0.15, 0.2) is 0 Å². The Bertz CT molecular complexity index is 2910. The van der Waals surface area contributed by atoms with E-state index in [4.69, 9.17) is 4.74 Å². The molecule has 3 aliphatic rings. The fraction of sp³-hybridized carbons (Fsp3) is 0.113. The van der Waals surface area contributed by atoms with Crippen LogP contribution in [0, 0.1) is 32.1 Å². The molecule has 3 heteroatoms. The minimum Gasteiger partial charge on any atom is -0.457 e. The first-order chi connectivity index (χ1) is 27.5. The van der Waals surface area contributed by atoms with Crippen LogP contribution in [-0.4, -0.2) is 0 Å². The summed E-state index contributed by atoms with van der Waals surface area (Å²) in [6, 6.07) is 62.6. The summed E-state index contributed by atoms with van der Waals surface area (Å²) in [6.07, 6.45) is 0.888. The van der Waals surface area contributed by atoms with Gasteiger partial charge in [0.1, 0.15) is 17.0 Å². The summed E-state index contributed by atoms with van der Waals surface area (Å²) < 4.78 is 6.87. The first-order valence-corrected chi connectivity index (χ1v) is 19.4. The number of hydrogen-bond donors (Lipinski definition) is 0. The Morgan fingerprint density at radius 1 is 0.500 bits per heavy atom. The molecular weight excluding hydrogens is 681 g/mol. The van der Waals surface area contributed by atoms with E-state index in [9.17, 15) is 5.26 Å². The second-order valence-electron chi connectivity index (χ2n) is 15.7. The fourth-order valence-electron chi connectivity index (χ4n) is 10.4. The maximum absolute atomic E-state index is 10.5. The Labute approximate surface area is 327 Å². The van der Waals surface area contributed by atoms with E-state index in [2.05, 4.69) is 189 Å². The van der Waals surface area contributed by atoms with E-state index >= 15 is 0 Å². The van der Waals surface area contributed by atoms with Gasteiger partial charge in [-0.3, -0.25) is 0 Å². The highest BCUT2D eigenvalue weighted by atomic mass is 16.5. The third-order valence-electron chi connectivity index (χ3n) is 12.8. The van der Waals surface area contributed by atoms with Crippen molar-refractivity contribution >= 4 is 22.1 Å². The van der Waals surface area contributed by atoms with E-state index in [1.165, 1.54) is 44.5 Å². The third-order valence-corrected chi connectivity index (χ3v) is 12.8. The number of para-hydroxylation sites is 3. The fourth-order valence-corrected chi connectivity index (χ4v) is 10.4. The van der Waals surface area contributed by atoms with Gasteiger partial charge in [-0.05, 0) is 125 Å². The van der Waals surface area contributed by atoms with E-state index < -0.39 is 11.0 Å². The van der Waals surface area contributed by atoms with E-state index in [-0.39, 0.29) is 0 Å². The molecule has 0 radical (unpaired) electrons. The number of aryl methyl sites for hydroxylation is 3. The average Bonchev–Trinajstić information content (AvgIpc) is 3.23. The van der Waals surface area contributed by atoms with Crippen molar-refractivity contribution in [2.24, 2.45) is 0 Å². The molecule has 8 aromatic carbocycles. The molecule has 0 bridgehead atoms. The lowest BCUT2D eigenvalue weighted by Gasteiger charge is -2.56. The van der Waals surface area contributed by atoms with Crippen LogP contribution in [0.5, 0.6) is 11.5 Å². The van der Waals surface area contributed by atoms with Gasteiger partial charge >= 0.3 is 0 Å². The number of fused-ring (bicyclic) bond motifs is 11. The van der Waals surface area contributed by atoms with Gasteiger partial charge in [0.25, 0.3) is 0 Å². The van der Waals surface area contributed by atoms with Gasteiger partial charge in [-0.25, -0.2) is 0 Å². The number of nitriles is 1. The molecular formula is C53H38N2O. The predicted octanol–water partition coefficient (Wildman–Crippen LogP) is 12.5. The molecule has 266 valence electrons. The summed E-state index contributed by atoms with van der Waals surface area (Å²) in [6.45, 7) is 6.51. The molecule has 1 spiro atoms. The summed E-state index contributed by atoms with van der Waals surface area (Å²) in [7, 11) is 0. The Morgan fingerprint density at radius 3 is 1.66 bits per heavy atom. The van der Waals surface area contributed by atoms with Crippen molar-refractivity contribution in [3.8, 4) is 17.6 Å². The molecule has 3 nitrogen and oxygen atoms in total. The molecule has 0 atom stereocenters. The molecule has 0 fully saturated rings. The van der Waals surface area contributed by atoms with E-state index in [1.54, 1.807) is 0 Å². The topological polar surface area (TPSA) is 36.3 Å². The Balaban J connectivity index is 1.38. The molecule has 11 rings (SSSR count). The normalized spacial score (nSPS) is 15.0. The predicted molar refractivity (Wildman–Crippen MR) is 225 cm³/mol. The molecule has 8 aromatic rings. The number of benzene rings is 8. The maximum Gasteiger partial charge on any atom is 0.133 e. The second-order valence-corrected chi connectivity index (χ2v) is 15.7. The highest BCUT2D eigenvalue weighted by molar-refractivity contribution is 5.97. The van der Waals surface area contributed by atoms with Crippen molar-refractivity contribution in [1.29, 1.82) is 5.26 Å². The molecule has 0 N–H and O–H groups in total. The Kier molecular flexibility index (Phi) is 6.86. The van der Waals surface area contributed by atoms with Crippen LogP contribution in [0.4, 0.5) is 11.4 Å². The van der Waals surface area contributed by atoms with Crippen molar-refractivity contribution in [3.63, 3.8) is 0 Å². The van der Waals surface area contributed by atoms with Crippen LogP contribution in [0.2, 0.25) is 0 Å². The van der Waals surface area contributed by atoms with Crippen molar-refractivity contribution in [2.75, 3.05) is 4.90 Å². The van der Waals surface area contributed by atoms with Crippen LogP contribution >= 0.6 is 0 Å². The first kappa shape index (κ1) is 32.5. The third kappa shape index (κ3) is 4.11. The van der Waals surface area contributed by atoms with Crippen LogP contribution in [0.1, 0.15) is 72.3 Å². The highest BCUT2D eigenvalue weighted by Crippen LogP contribution is 2.65. The standard InChI is InChI=1S/C53H38N2O/c1-33-24-26-45-49(28-33)55(48-21-11-8-18-44(48)52(45)41-16-6-4-14-36(41)31-37-15-5-7-17-42(37)52)53(43-27-25-38(32-54)39-29-34(2)35(3)30-40(39)43)46-19-9-12-22-50(46)56-51-23-13-10-20-47(51)53/h4-30H,31H2,1-3H3. The molecule has 0 saturated carbocycles. The summed E-state index contributed by atoms with van der Waals surface area (Å²) in [5.74, 6) is 1.63. The van der Waals surface area contributed by atoms with Gasteiger partial charge in [-0.15, -0.1) is 0 Å². The number of rotatable bonds is 2. The minimum atomic E-state index is -0.937. The van der Waals surface area contributed by atoms with Crippen LogP contribution in [0.15, 0.2) is 164 Å². The lowest BCUT2D eigenvalue weighted by atomic mass is 9.57. The molecule has 2 aliphatic heterocycles. The lowest BCUT2D eigenvalue weighted by molar-refractivity contribution is 0.418.